The van der Waals surface area contributed by atoms with E-state index in [0.717, 1.165) is 25.1 Å². The molecule has 2 heteroatoms. The first kappa shape index (κ1) is 5.35. The van der Waals surface area contributed by atoms with Crippen LogP contribution in [0.15, 0.2) is 11.8 Å². The summed E-state index contributed by atoms with van der Waals surface area (Å²) in [6.07, 6.45) is 3.96. The lowest BCUT2D eigenvalue weighted by atomic mass is 10.4. The van der Waals surface area contributed by atoms with Crippen molar-refractivity contribution in [3.05, 3.63) is 11.8 Å². The number of amides is 1. The number of rotatable bonds is 1. The molecule has 1 aliphatic rings. The average molecular weight is 111 g/mol. The lowest BCUT2D eigenvalue weighted by Crippen LogP contribution is -2.14. The van der Waals surface area contributed by atoms with Crippen LogP contribution in [0.1, 0.15) is 13.3 Å². The second-order valence-electron chi connectivity index (χ2n) is 1.93. The van der Waals surface area contributed by atoms with Crippen LogP contribution in [-0.4, -0.2) is 17.9 Å². The maximum Gasteiger partial charge on any atom is 0.213 e. The molecule has 0 aromatic rings. The second kappa shape index (κ2) is 1.99. The highest BCUT2D eigenvalue weighted by Crippen LogP contribution is 2.09. The standard InChI is InChI=1S/C6H9NO/c1-6-3-2-4-7(6)5-8/h3,5H,2,4H2,1H3. The normalized spacial score (nSPS) is 18.6. The lowest BCUT2D eigenvalue weighted by molar-refractivity contribution is -0.116. The molecule has 0 aromatic heterocycles. The van der Waals surface area contributed by atoms with Gasteiger partial charge in [0, 0.05) is 12.2 Å². The third-order valence-corrected chi connectivity index (χ3v) is 1.39. The van der Waals surface area contributed by atoms with Gasteiger partial charge in [0.1, 0.15) is 0 Å². The SMILES string of the molecule is CC1=CCCN1C=O. The molecule has 0 aliphatic carbocycles. The first-order chi connectivity index (χ1) is 3.84. The molecule has 1 amide bonds. The maximum atomic E-state index is 10.1. The van der Waals surface area contributed by atoms with Crippen molar-refractivity contribution in [1.82, 2.24) is 4.90 Å². The number of hydrogen-bond acceptors (Lipinski definition) is 1. The van der Waals surface area contributed by atoms with Crippen molar-refractivity contribution < 1.29 is 4.79 Å². The van der Waals surface area contributed by atoms with E-state index in [2.05, 4.69) is 6.08 Å². The van der Waals surface area contributed by atoms with Gasteiger partial charge in [-0.05, 0) is 13.3 Å². The highest BCUT2D eigenvalue weighted by Gasteiger charge is 2.07. The van der Waals surface area contributed by atoms with Crippen LogP contribution in [-0.2, 0) is 4.79 Å². The van der Waals surface area contributed by atoms with Crippen LogP contribution in [0.3, 0.4) is 0 Å². The number of hydrogen-bond donors (Lipinski definition) is 0. The topological polar surface area (TPSA) is 20.3 Å². The van der Waals surface area contributed by atoms with Gasteiger partial charge in [-0.15, -0.1) is 0 Å². The molecule has 2 nitrogen and oxygen atoms in total. The van der Waals surface area contributed by atoms with Gasteiger partial charge in [0.05, 0.1) is 0 Å². The molecule has 1 heterocycles. The maximum absolute atomic E-state index is 10.1. The minimum Gasteiger partial charge on any atom is -0.319 e. The summed E-state index contributed by atoms with van der Waals surface area (Å²) >= 11 is 0. The summed E-state index contributed by atoms with van der Waals surface area (Å²) in [4.78, 5) is 11.8. The summed E-state index contributed by atoms with van der Waals surface area (Å²) in [6, 6.07) is 0. The summed E-state index contributed by atoms with van der Waals surface area (Å²) in [5, 5.41) is 0. The highest BCUT2D eigenvalue weighted by molar-refractivity contribution is 5.51. The molecule has 0 unspecified atom stereocenters. The number of nitrogens with zero attached hydrogens (tertiary/aromatic N) is 1. The largest absolute Gasteiger partial charge is 0.319 e. The molecule has 1 rings (SSSR count). The molecule has 0 fully saturated rings. The van der Waals surface area contributed by atoms with E-state index in [4.69, 9.17) is 0 Å². The fraction of sp³-hybridized carbons (Fsp3) is 0.500. The molecule has 44 valence electrons. The third kappa shape index (κ3) is 0.735. The molecular weight excluding hydrogens is 102 g/mol. The Hall–Kier alpha value is -0.790. The van der Waals surface area contributed by atoms with E-state index in [1.165, 1.54) is 0 Å². The first-order valence-electron chi connectivity index (χ1n) is 2.73. The van der Waals surface area contributed by atoms with E-state index >= 15 is 0 Å². The van der Waals surface area contributed by atoms with Crippen molar-refractivity contribution in [2.24, 2.45) is 0 Å². The van der Waals surface area contributed by atoms with Crippen molar-refractivity contribution in [2.75, 3.05) is 6.54 Å². The molecule has 0 atom stereocenters. The van der Waals surface area contributed by atoms with Gasteiger partial charge in [0.2, 0.25) is 6.41 Å². The molecule has 8 heavy (non-hydrogen) atoms. The van der Waals surface area contributed by atoms with Gasteiger partial charge in [-0.3, -0.25) is 4.79 Å². The molecule has 1 aliphatic heterocycles. The van der Waals surface area contributed by atoms with Gasteiger partial charge in [-0.1, -0.05) is 6.08 Å². The van der Waals surface area contributed by atoms with Crippen LogP contribution in [0, 0.1) is 0 Å². The van der Waals surface area contributed by atoms with E-state index in [-0.39, 0.29) is 0 Å². The van der Waals surface area contributed by atoms with Crippen LogP contribution < -0.4 is 0 Å². The first-order valence-corrected chi connectivity index (χ1v) is 2.73. The zero-order chi connectivity index (χ0) is 5.98. The molecule has 0 N–H and O–H groups in total. The number of carbonyl (C=O) groups excluding carboxylic acids is 1. The number of carbonyl (C=O) groups is 1. The van der Waals surface area contributed by atoms with Gasteiger partial charge in [0.25, 0.3) is 0 Å². The van der Waals surface area contributed by atoms with Crippen LogP contribution >= 0.6 is 0 Å². The molecular formula is C6H9NO. The minimum absolute atomic E-state index is 0.870. The Kier molecular flexibility index (Phi) is 1.33. The Balaban J connectivity index is 2.58. The molecule has 0 saturated heterocycles. The Morgan fingerprint density at radius 2 is 2.62 bits per heavy atom. The minimum atomic E-state index is 0.870. The summed E-state index contributed by atoms with van der Waals surface area (Å²) in [5.41, 5.74) is 1.08. The van der Waals surface area contributed by atoms with Crippen molar-refractivity contribution in [3.8, 4) is 0 Å². The van der Waals surface area contributed by atoms with E-state index in [0.29, 0.717) is 0 Å². The fourth-order valence-electron chi connectivity index (χ4n) is 0.842. The summed E-state index contributed by atoms with van der Waals surface area (Å²) in [5.74, 6) is 0. The number of allylic oxidation sites excluding steroid dienone is 1. The fourth-order valence-corrected chi connectivity index (χ4v) is 0.842. The smallest absolute Gasteiger partial charge is 0.213 e. The van der Waals surface area contributed by atoms with Gasteiger partial charge >= 0.3 is 0 Å². The van der Waals surface area contributed by atoms with Crippen molar-refractivity contribution in [2.45, 2.75) is 13.3 Å². The summed E-state index contributed by atoms with van der Waals surface area (Å²) in [7, 11) is 0. The summed E-state index contributed by atoms with van der Waals surface area (Å²) < 4.78 is 0. The second-order valence-corrected chi connectivity index (χ2v) is 1.93. The van der Waals surface area contributed by atoms with E-state index in [9.17, 15) is 4.79 Å². The van der Waals surface area contributed by atoms with Gasteiger partial charge in [-0.2, -0.15) is 0 Å². The van der Waals surface area contributed by atoms with Gasteiger partial charge in [0.15, 0.2) is 0 Å². The Bertz CT molecular complexity index is 128. The van der Waals surface area contributed by atoms with E-state index in [1.54, 1.807) is 4.90 Å². The predicted octanol–water partition coefficient (Wildman–Crippen LogP) is 0.752. The predicted molar refractivity (Wildman–Crippen MR) is 31.1 cm³/mol. The van der Waals surface area contributed by atoms with Crippen molar-refractivity contribution >= 4 is 6.41 Å². The van der Waals surface area contributed by atoms with Crippen LogP contribution in [0.4, 0.5) is 0 Å². The molecule has 0 aromatic carbocycles. The lowest BCUT2D eigenvalue weighted by Gasteiger charge is -2.08. The Morgan fingerprint density at radius 1 is 1.88 bits per heavy atom. The molecule has 0 radical (unpaired) electrons. The zero-order valence-corrected chi connectivity index (χ0v) is 4.92. The Labute approximate surface area is 48.8 Å². The van der Waals surface area contributed by atoms with Crippen LogP contribution in [0.5, 0.6) is 0 Å². The highest BCUT2D eigenvalue weighted by atomic mass is 16.1. The Morgan fingerprint density at radius 3 is 2.88 bits per heavy atom. The van der Waals surface area contributed by atoms with Gasteiger partial charge in [-0.25, -0.2) is 0 Å². The van der Waals surface area contributed by atoms with Crippen LogP contribution in [0.25, 0.3) is 0 Å². The third-order valence-electron chi connectivity index (χ3n) is 1.39. The average Bonchev–Trinajstić information content (AvgIpc) is 2.14. The van der Waals surface area contributed by atoms with E-state index < -0.39 is 0 Å². The van der Waals surface area contributed by atoms with E-state index in [1.807, 2.05) is 6.92 Å². The molecule has 0 spiro atoms. The molecule has 0 saturated carbocycles. The van der Waals surface area contributed by atoms with Gasteiger partial charge < -0.3 is 4.90 Å². The van der Waals surface area contributed by atoms with Crippen molar-refractivity contribution in [1.29, 1.82) is 0 Å². The van der Waals surface area contributed by atoms with Crippen molar-refractivity contribution in [3.63, 3.8) is 0 Å². The molecule has 0 bridgehead atoms. The summed E-state index contributed by atoms with van der Waals surface area (Å²) in [6.45, 7) is 2.82. The monoisotopic (exact) mass is 111 g/mol. The zero-order valence-electron chi connectivity index (χ0n) is 4.92. The van der Waals surface area contributed by atoms with Crippen LogP contribution in [0.2, 0.25) is 0 Å². The quantitative estimate of drug-likeness (QED) is 0.457.